The molecule has 1 unspecified atom stereocenters. The maximum Gasteiger partial charge on any atom is 0.0812 e. The zero-order valence-corrected chi connectivity index (χ0v) is 10.4. The maximum absolute atomic E-state index is 5.33. The van der Waals surface area contributed by atoms with E-state index in [0.717, 1.165) is 12.5 Å². The smallest absolute Gasteiger partial charge is 0.0812 e. The molecule has 0 saturated carbocycles. The van der Waals surface area contributed by atoms with Crippen molar-refractivity contribution in [1.82, 2.24) is 5.32 Å². The molecule has 1 atom stereocenters. The molecule has 15 heavy (non-hydrogen) atoms. The Morgan fingerprint density at radius 3 is 2.00 bits per heavy atom. The number of hydrogen-bond donors (Lipinski definition) is 1. The van der Waals surface area contributed by atoms with E-state index in [9.17, 15) is 0 Å². The lowest BCUT2D eigenvalue weighted by molar-refractivity contribution is 0.118. The predicted octanol–water partition coefficient (Wildman–Crippen LogP) is 1.51. The second kappa shape index (κ2) is 4.04. The number of ether oxygens (including phenoxy) is 1. The van der Waals surface area contributed by atoms with Crippen LogP contribution in [0, 0.1) is 5.92 Å². The van der Waals surface area contributed by atoms with E-state index in [0.29, 0.717) is 17.2 Å². The molecule has 2 rings (SSSR count). The quantitative estimate of drug-likeness (QED) is 0.710. The standard InChI is InChI=1S/C12H23NO.H2O/c1-11(2)6-9(5-10-8-14-10)7-12(3,4)13-11;/h9-10,13H,5-8H2,1-4H3;1H2. The molecule has 0 aromatic rings. The van der Waals surface area contributed by atoms with Crippen molar-refractivity contribution < 1.29 is 10.2 Å². The van der Waals surface area contributed by atoms with Gasteiger partial charge in [-0.1, -0.05) is 0 Å². The number of nitrogens with one attached hydrogen (secondary N) is 1. The molecule has 2 saturated heterocycles. The molecule has 3 nitrogen and oxygen atoms in total. The van der Waals surface area contributed by atoms with Crippen LogP contribution in [0.3, 0.4) is 0 Å². The van der Waals surface area contributed by atoms with Gasteiger partial charge in [-0.2, -0.15) is 0 Å². The van der Waals surface area contributed by atoms with Crippen LogP contribution in [0.1, 0.15) is 47.0 Å². The highest BCUT2D eigenvalue weighted by atomic mass is 16.6. The summed E-state index contributed by atoms with van der Waals surface area (Å²) in [6.45, 7) is 10.3. The van der Waals surface area contributed by atoms with Gasteiger partial charge in [0.05, 0.1) is 12.7 Å². The van der Waals surface area contributed by atoms with E-state index in [4.69, 9.17) is 4.74 Å². The van der Waals surface area contributed by atoms with Gasteiger partial charge in [0.15, 0.2) is 0 Å². The minimum Gasteiger partial charge on any atom is -0.412 e. The highest BCUT2D eigenvalue weighted by molar-refractivity contribution is 4.97. The Morgan fingerprint density at radius 2 is 1.60 bits per heavy atom. The Balaban J connectivity index is 0.00000112. The number of hydrogen-bond acceptors (Lipinski definition) is 2. The summed E-state index contributed by atoms with van der Waals surface area (Å²) in [5.74, 6) is 0.841. The molecule has 0 radical (unpaired) electrons. The summed E-state index contributed by atoms with van der Waals surface area (Å²) in [6.07, 6.45) is 4.44. The van der Waals surface area contributed by atoms with Crippen LogP contribution in [-0.4, -0.2) is 29.3 Å². The summed E-state index contributed by atoms with van der Waals surface area (Å²) in [5, 5.41) is 3.71. The van der Waals surface area contributed by atoms with Crippen LogP contribution in [0.5, 0.6) is 0 Å². The highest BCUT2D eigenvalue weighted by Crippen LogP contribution is 2.37. The van der Waals surface area contributed by atoms with Crippen molar-refractivity contribution >= 4 is 0 Å². The van der Waals surface area contributed by atoms with Crippen molar-refractivity contribution in [3.63, 3.8) is 0 Å². The van der Waals surface area contributed by atoms with Crippen molar-refractivity contribution in [3.05, 3.63) is 0 Å². The first-order chi connectivity index (χ1) is 6.36. The number of piperidine rings is 1. The van der Waals surface area contributed by atoms with Gasteiger partial charge in [-0.3, -0.25) is 0 Å². The predicted molar refractivity (Wildman–Crippen MR) is 62.0 cm³/mol. The van der Waals surface area contributed by atoms with Crippen molar-refractivity contribution in [2.45, 2.75) is 64.1 Å². The maximum atomic E-state index is 5.33. The Kier molecular flexibility index (Phi) is 3.49. The molecular weight excluding hydrogens is 190 g/mol. The molecule has 2 heterocycles. The molecule has 0 aromatic carbocycles. The van der Waals surface area contributed by atoms with Crippen molar-refractivity contribution in [2.75, 3.05) is 6.61 Å². The van der Waals surface area contributed by atoms with Gasteiger partial charge in [0, 0.05) is 11.1 Å². The molecule has 0 aliphatic carbocycles. The van der Waals surface area contributed by atoms with Gasteiger partial charge in [0.25, 0.3) is 0 Å². The fraction of sp³-hybridized carbons (Fsp3) is 1.00. The third-order valence-electron chi connectivity index (χ3n) is 3.27. The van der Waals surface area contributed by atoms with Crippen LogP contribution in [0.2, 0.25) is 0 Å². The van der Waals surface area contributed by atoms with E-state index in [1.54, 1.807) is 0 Å². The lowest BCUT2D eigenvalue weighted by Crippen LogP contribution is -2.57. The molecular formula is C12H25NO2. The van der Waals surface area contributed by atoms with Gasteiger partial charge in [0.1, 0.15) is 0 Å². The average molecular weight is 215 g/mol. The highest BCUT2D eigenvalue weighted by Gasteiger charge is 2.39. The van der Waals surface area contributed by atoms with Gasteiger partial charge < -0.3 is 15.5 Å². The topological polar surface area (TPSA) is 56.1 Å². The molecule has 0 amide bonds. The Labute approximate surface area is 92.9 Å². The Morgan fingerprint density at radius 1 is 1.13 bits per heavy atom. The molecule has 3 N–H and O–H groups in total. The largest absolute Gasteiger partial charge is 0.412 e. The summed E-state index contributed by atoms with van der Waals surface area (Å²) < 4.78 is 5.33. The molecule has 0 bridgehead atoms. The fourth-order valence-electron chi connectivity index (χ4n) is 3.28. The normalized spacial score (nSPS) is 33.2. The van der Waals surface area contributed by atoms with E-state index in [2.05, 4.69) is 33.0 Å². The number of epoxide rings is 1. The van der Waals surface area contributed by atoms with Crippen LogP contribution in [0.15, 0.2) is 0 Å². The van der Waals surface area contributed by atoms with E-state index < -0.39 is 0 Å². The molecule has 90 valence electrons. The van der Waals surface area contributed by atoms with Crippen LogP contribution in [0.4, 0.5) is 0 Å². The summed E-state index contributed by atoms with van der Waals surface area (Å²) in [5.41, 5.74) is 0.586. The second-order valence-electron chi connectivity index (χ2n) is 6.36. The van der Waals surface area contributed by atoms with E-state index >= 15 is 0 Å². The minimum absolute atomic E-state index is 0. The summed E-state index contributed by atoms with van der Waals surface area (Å²) in [4.78, 5) is 0. The average Bonchev–Trinajstić information content (AvgIpc) is 2.62. The van der Waals surface area contributed by atoms with Crippen LogP contribution >= 0.6 is 0 Å². The Bertz CT molecular complexity index is 206. The molecule has 0 aromatic heterocycles. The van der Waals surface area contributed by atoms with Gasteiger partial charge in [-0.15, -0.1) is 0 Å². The SMILES string of the molecule is CC1(C)CC(CC2CO2)CC(C)(C)N1.O. The second-order valence-corrected chi connectivity index (χ2v) is 6.36. The Hall–Kier alpha value is -0.120. The van der Waals surface area contributed by atoms with E-state index in [1.165, 1.54) is 19.3 Å². The van der Waals surface area contributed by atoms with Crippen molar-refractivity contribution in [2.24, 2.45) is 5.92 Å². The van der Waals surface area contributed by atoms with E-state index in [1.807, 2.05) is 0 Å². The van der Waals surface area contributed by atoms with Crippen LogP contribution in [-0.2, 0) is 4.74 Å². The zero-order chi connectivity index (χ0) is 10.4. The fourth-order valence-corrected chi connectivity index (χ4v) is 3.28. The van der Waals surface area contributed by atoms with Crippen LogP contribution < -0.4 is 5.32 Å². The van der Waals surface area contributed by atoms with E-state index in [-0.39, 0.29) is 5.48 Å². The third-order valence-corrected chi connectivity index (χ3v) is 3.27. The monoisotopic (exact) mass is 215 g/mol. The van der Waals surface area contributed by atoms with Gasteiger partial charge in [-0.25, -0.2) is 0 Å². The first-order valence-corrected chi connectivity index (χ1v) is 5.77. The summed E-state index contributed by atoms with van der Waals surface area (Å²) >= 11 is 0. The van der Waals surface area contributed by atoms with Gasteiger partial charge in [0.2, 0.25) is 0 Å². The summed E-state index contributed by atoms with van der Waals surface area (Å²) in [6, 6.07) is 0. The molecule has 3 heteroatoms. The minimum atomic E-state index is 0. The molecule has 2 aliphatic heterocycles. The molecule has 2 fully saturated rings. The first kappa shape index (κ1) is 12.9. The summed E-state index contributed by atoms with van der Waals surface area (Å²) in [7, 11) is 0. The zero-order valence-electron chi connectivity index (χ0n) is 10.4. The van der Waals surface area contributed by atoms with Crippen molar-refractivity contribution in [3.8, 4) is 0 Å². The lowest BCUT2D eigenvalue weighted by atomic mass is 9.74. The van der Waals surface area contributed by atoms with Crippen LogP contribution in [0.25, 0.3) is 0 Å². The van der Waals surface area contributed by atoms with Gasteiger partial charge >= 0.3 is 0 Å². The molecule has 0 spiro atoms. The van der Waals surface area contributed by atoms with Crippen molar-refractivity contribution in [1.29, 1.82) is 0 Å². The number of rotatable bonds is 2. The van der Waals surface area contributed by atoms with Gasteiger partial charge in [-0.05, 0) is 52.9 Å². The third kappa shape index (κ3) is 3.74. The lowest BCUT2D eigenvalue weighted by Gasteiger charge is -2.46. The first-order valence-electron chi connectivity index (χ1n) is 5.77. The molecule has 2 aliphatic rings.